The van der Waals surface area contributed by atoms with Crippen LogP contribution in [-0.2, 0) is 26.2 Å². The van der Waals surface area contributed by atoms with Gasteiger partial charge < -0.3 is 15.0 Å². The smallest absolute Gasteiger partial charge is 0.264 e. The first-order valence-electron chi connectivity index (χ1n) is 13.2. The van der Waals surface area contributed by atoms with Crippen LogP contribution in [0, 0.1) is 6.92 Å². The average molecular weight is 665 g/mol. The van der Waals surface area contributed by atoms with Gasteiger partial charge in [-0.1, -0.05) is 54.8 Å². The largest absolute Gasteiger partial charge is 0.496 e. The second-order valence-electron chi connectivity index (χ2n) is 9.62. The van der Waals surface area contributed by atoms with E-state index >= 15 is 0 Å². The molecule has 0 fully saturated rings. The maximum atomic E-state index is 14.0. The van der Waals surface area contributed by atoms with Crippen LogP contribution in [0.4, 0.5) is 5.69 Å². The van der Waals surface area contributed by atoms with E-state index in [0.717, 1.165) is 22.7 Å². The predicted molar refractivity (Wildman–Crippen MR) is 166 cm³/mol. The molecular weight excluding hydrogens is 630 g/mol. The molecule has 3 aromatic carbocycles. The number of ether oxygens (including phenoxy) is 1. The molecule has 0 spiro atoms. The van der Waals surface area contributed by atoms with E-state index in [1.807, 2.05) is 13.8 Å². The molecule has 0 aliphatic carbocycles. The summed E-state index contributed by atoms with van der Waals surface area (Å²) in [5.74, 6) is -0.393. The highest BCUT2D eigenvalue weighted by atomic mass is 79.9. The molecule has 0 saturated heterocycles. The summed E-state index contributed by atoms with van der Waals surface area (Å²) < 4.78 is 34.8. The minimum Gasteiger partial charge on any atom is -0.496 e. The standard InChI is InChI=1S/C30H35BrClN3O5S/c1-5-6-16-33-30(37)22(3)34(19-23-8-7-9-24(32)17-23)29(36)20-35(25-12-10-21(2)11-13-25)41(38,39)26-14-15-28(40-4)27(31)18-26/h7-15,17-18,22H,5-6,16,19-20H2,1-4H3,(H,33,37). The number of rotatable bonds is 13. The number of nitrogens with one attached hydrogen (secondary N) is 1. The Bertz CT molecular complexity index is 1470. The van der Waals surface area contributed by atoms with Crippen LogP contribution in [0.15, 0.2) is 76.1 Å². The summed E-state index contributed by atoms with van der Waals surface area (Å²) in [4.78, 5) is 28.4. The van der Waals surface area contributed by atoms with Crippen molar-refractivity contribution in [3.8, 4) is 5.75 Å². The van der Waals surface area contributed by atoms with Crippen molar-refractivity contribution in [3.63, 3.8) is 0 Å². The topological polar surface area (TPSA) is 96.0 Å². The lowest BCUT2D eigenvalue weighted by molar-refractivity contribution is -0.139. The molecule has 41 heavy (non-hydrogen) atoms. The molecule has 0 radical (unpaired) electrons. The van der Waals surface area contributed by atoms with E-state index in [4.69, 9.17) is 16.3 Å². The van der Waals surface area contributed by atoms with E-state index in [1.165, 1.54) is 24.1 Å². The number of methoxy groups -OCH3 is 1. The summed E-state index contributed by atoms with van der Waals surface area (Å²) in [6.07, 6.45) is 1.71. The molecule has 3 aromatic rings. The van der Waals surface area contributed by atoms with Crippen molar-refractivity contribution in [1.82, 2.24) is 10.2 Å². The van der Waals surface area contributed by atoms with Crippen LogP contribution in [0.25, 0.3) is 0 Å². The van der Waals surface area contributed by atoms with Crippen LogP contribution in [0.3, 0.4) is 0 Å². The Morgan fingerprint density at radius 1 is 1.07 bits per heavy atom. The maximum absolute atomic E-state index is 14.0. The molecule has 1 unspecified atom stereocenters. The lowest BCUT2D eigenvalue weighted by Crippen LogP contribution is -2.51. The monoisotopic (exact) mass is 663 g/mol. The van der Waals surface area contributed by atoms with Gasteiger partial charge in [0.15, 0.2) is 0 Å². The van der Waals surface area contributed by atoms with Gasteiger partial charge in [0, 0.05) is 18.1 Å². The Kier molecular flexibility index (Phi) is 11.6. The lowest BCUT2D eigenvalue weighted by atomic mass is 10.1. The van der Waals surface area contributed by atoms with Gasteiger partial charge in [0.2, 0.25) is 11.8 Å². The van der Waals surface area contributed by atoms with Gasteiger partial charge in [0.05, 0.1) is 22.2 Å². The Hall–Kier alpha value is -3.08. The Morgan fingerprint density at radius 3 is 2.39 bits per heavy atom. The number of halogens is 2. The molecule has 3 rings (SSSR count). The first-order chi connectivity index (χ1) is 19.5. The maximum Gasteiger partial charge on any atom is 0.264 e. The van der Waals surface area contributed by atoms with Crippen LogP contribution < -0.4 is 14.4 Å². The van der Waals surface area contributed by atoms with E-state index in [9.17, 15) is 18.0 Å². The number of hydrogen-bond acceptors (Lipinski definition) is 5. The molecule has 11 heteroatoms. The number of unbranched alkanes of at least 4 members (excludes halogenated alkanes) is 1. The van der Waals surface area contributed by atoms with Crippen LogP contribution in [0.2, 0.25) is 5.02 Å². The van der Waals surface area contributed by atoms with Crippen LogP contribution in [-0.4, -0.2) is 51.4 Å². The quantitative estimate of drug-likeness (QED) is 0.228. The van der Waals surface area contributed by atoms with Crippen molar-refractivity contribution in [3.05, 3.63) is 87.4 Å². The molecule has 0 aromatic heterocycles. The highest BCUT2D eigenvalue weighted by Gasteiger charge is 2.32. The third-order valence-corrected chi connectivity index (χ3v) is 9.18. The van der Waals surface area contributed by atoms with Crippen molar-refractivity contribution in [2.24, 2.45) is 0 Å². The zero-order valence-corrected chi connectivity index (χ0v) is 26.7. The number of carbonyl (C=O) groups excluding carboxylic acids is 2. The van der Waals surface area contributed by atoms with E-state index in [0.29, 0.717) is 33.0 Å². The number of sulfonamides is 1. The number of nitrogens with zero attached hydrogens (tertiary/aromatic N) is 2. The minimum absolute atomic E-state index is 0.0229. The summed E-state index contributed by atoms with van der Waals surface area (Å²) >= 11 is 9.54. The summed E-state index contributed by atoms with van der Waals surface area (Å²) in [6, 6.07) is 17.4. The molecule has 0 heterocycles. The molecule has 1 atom stereocenters. The second-order valence-corrected chi connectivity index (χ2v) is 12.8. The summed E-state index contributed by atoms with van der Waals surface area (Å²) in [7, 11) is -2.72. The Morgan fingerprint density at radius 2 is 1.78 bits per heavy atom. The van der Waals surface area contributed by atoms with Gasteiger partial charge in [0.1, 0.15) is 18.3 Å². The first kappa shape index (κ1) is 32.4. The van der Waals surface area contributed by atoms with Gasteiger partial charge in [-0.05, 0) is 84.2 Å². The fraction of sp³-hybridized carbons (Fsp3) is 0.333. The fourth-order valence-electron chi connectivity index (χ4n) is 4.13. The van der Waals surface area contributed by atoms with Crippen molar-refractivity contribution in [2.45, 2.75) is 51.1 Å². The van der Waals surface area contributed by atoms with Gasteiger partial charge in [-0.15, -0.1) is 0 Å². The molecule has 0 saturated carbocycles. The number of carbonyl (C=O) groups is 2. The molecule has 1 N–H and O–H groups in total. The van der Waals surface area contributed by atoms with Crippen molar-refractivity contribution in [2.75, 3.05) is 24.5 Å². The Balaban J connectivity index is 2.02. The van der Waals surface area contributed by atoms with Gasteiger partial charge in [0.25, 0.3) is 10.0 Å². The van der Waals surface area contributed by atoms with Gasteiger partial charge in [-0.2, -0.15) is 0 Å². The molecule has 0 aliphatic rings. The number of hydrogen-bond donors (Lipinski definition) is 1. The first-order valence-corrected chi connectivity index (χ1v) is 15.8. The van der Waals surface area contributed by atoms with Crippen LogP contribution >= 0.6 is 27.5 Å². The third-order valence-electron chi connectivity index (χ3n) is 6.55. The van der Waals surface area contributed by atoms with E-state index in [2.05, 4.69) is 21.2 Å². The average Bonchev–Trinajstić information content (AvgIpc) is 2.94. The van der Waals surface area contributed by atoms with Crippen LogP contribution in [0.5, 0.6) is 5.75 Å². The Labute approximate surface area is 255 Å². The molecule has 2 amide bonds. The minimum atomic E-state index is -4.21. The normalized spacial score (nSPS) is 12.0. The molecule has 8 nitrogen and oxygen atoms in total. The van der Waals surface area contributed by atoms with Gasteiger partial charge in [-0.3, -0.25) is 13.9 Å². The number of amides is 2. The van der Waals surface area contributed by atoms with E-state index in [-0.39, 0.29) is 17.3 Å². The van der Waals surface area contributed by atoms with E-state index in [1.54, 1.807) is 61.5 Å². The van der Waals surface area contributed by atoms with Crippen molar-refractivity contribution in [1.29, 1.82) is 0 Å². The summed E-state index contributed by atoms with van der Waals surface area (Å²) in [5, 5.41) is 3.36. The summed E-state index contributed by atoms with van der Waals surface area (Å²) in [6.45, 7) is 5.57. The van der Waals surface area contributed by atoms with Crippen molar-refractivity contribution >= 4 is 55.1 Å². The SMILES string of the molecule is CCCCNC(=O)C(C)N(Cc1cccc(Cl)c1)C(=O)CN(c1ccc(C)cc1)S(=O)(=O)c1ccc(OC)c(Br)c1. The third kappa shape index (κ3) is 8.47. The zero-order valence-electron chi connectivity index (χ0n) is 23.6. The fourth-order valence-corrected chi connectivity index (χ4v) is 6.47. The van der Waals surface area contributed by atoms with Gasteiger partial charge in [-0.25, -0.2) is 8.42 Å². The second kappa shape index (κ2) is 14.7. The van der Waals surface area contributed by atoms with Crippen molar-refractivity contribution < 1.29 is 22.7 Å². The van der Waals surface area contributed by atoms with E-state index < -0.39 is 28.5 Å². The zero-order chi connectivity index (χ0) is 30.2. The predicted octanol–water partition coefficient (Wildman–Crippen LogP) is 5.95. The summed E-state index contributed by atoms with van der Waals surface area (Å²) in [5.41, 5.74) is 1.96. The number of anilines is 1. The highest BCUT2D eigenvalue weighted by Crippen LogP contribution is 2.31. The molecule has 0 bridgehead atoms. The highest BCUT2D eigenvalue weighted by molar-refractivity contribution is 9.10. The number of aryl methyl sites for hydroxylation is 1. The molecule has 0 aliphatic heterocycles. The lowest BCUT2D eigenvalue weighted by Gasteiger charge is -2.32. The van der Waals surface area contributed by atoms with Gasteiger partial charge >= 0.3 is 0 Å². The van der Waals surface area contributed by atoms with Crippen LogP contribution in [0.1, 0.15) is 37.8 Å². The molecule has 220 valence electrons. The molecular formula is C30H35BrClN3O5S. The number of benzene rings is 3.